The molecule has 0 aliphatic heterocycles. The summed E-state index contributed by atoms with van der Waals surface area (Å²) in [5.74, 6) is 0. The summed E-state index contributed by atoms with van der Waals surface area (Å²) in [7, 11) is 0. The Balaban J connectivity index is 1.93. The van der Waals surface area contributed by atoms with Gasteiger partial charge in [0.1, 0.15) is 0 Å². The molecule has 4 heteroatoms. The lowest BCUT2D eigenvalue weighted by atomic mass is 9.88. The first kappa shape index (κ1) is 15.4. The first-order valence-electron chi connectivity index (χ1n) is 7.09. The SMILES string of the molecule is CC(C)(CCCO)CNCc1c[nH]c2cc(Cl)ccc12. The van der Waals surface area contributed by atoms with Gasteiger partial charge in [-0.1, -0.05) is 31.5 Å². The van der Waals surface area contributed by atoms with Gasteiger partial charge in [0.25, 0.3) is 0 Å². The Morgan fingerprint density at radius 2 is 2.15 bits per heavy atom. The van der Waals surface area contributed by atoms with E-state index in [1.54, 1.807) is 0 Å². The molecule has 0 bridgehead atoms. The first-order chi connectivity index (χ1) is 9.52. The lowest BCUT2D eigenvalue weighted by molar-refractivity contribution is 0.236. The summed E-state index contributed by atoms with van der Waals surface area (Å²) in [4.78, 5) is 3.25. The average molecular weight is 295 g/mol. The molecule has 3 N–H and O–H groups in total. The fourth-order valence-electron chi connectivity index (χ4n) is 2.49. The highest BCUT2D eigenvalue weighted by molar-refractivity contribution is 6.31. The van der Waals surface area contributed by atoms with Gasteiger partial charge in [-0.15, -0.1) is 0 Å². The Morgan fingerprint density at radius 1 is 1.35 bits per heavy atom. The molecule has 0 aliphatic carbocycles. The Hall–Kier alpha value is -1.03. The van der Waals surface area contributed by atoms with Crippen molar-refractivity contribution in [3.8, 4) is 0 Å². The predicted molar refractivity (Wildman–Crippen MR) is 85.1 cm³/mol. The van der Waals surface area contributed by atoms with Crippen LogP contribution in [0.2, 0.25) is 5.02 Å². The molecule has 0 saturated carbocycles. The highest BCUT2D eigenvalue weighted by Crippen LogP contribution is 2.23. The topological polar surface area (TPSA) is 48.0 Å². The third-order valence-corrected chi connectivity index (χ3v) is 3.90. The second-order valence-electron chi connectivity index (χ2n) is 6.10. The number of H-pyrrole nitrogens is 1. The number of hydrogen-bond acceptors (Lipinski definition) is 2. The van der Waals surface area contributed by atoms with E-state index in [2.05, 4.69) is 30.2 Å². The summed E-state index contributed by atoms with van der Waals surface area (Å²) in [6, 6.07) is 5.93. The largest absolute Gasteiger partial charge is 0.396 e. The maximum Gasteiger partial charge on any atom is 0.0472 e. The summed E-state index contributed by atoms with van der Waals surface area (Å²) in [5, 5.41) is 14.4. The van der Waals surface area contributed by atoms with Crippen molar-refractivity contribution >= 4 is 22.5 Å². The zero-order valence-electron chi connectivity index (χ0n) is 12.2. The number of aromatic amines is 1. The Labute approximate surface area is 125 Å². The first-order valence-corrected chi connectivity index (χ1v) is 7.47. The molecule has 2 aromatic rings. The second-order valence-corrected chi connectivity index (χ2v) is 6.54. The molecule has 1 aromatic carbocycles. The maximum atomic E-state index is 8.91. The molecule has 1 aromatic heterocycles. The van der Waals surface area contributed by atoms with Crippen molar-refractivity contribution in [3.05, 3.63) is 35.0 Å². The number of rotatable bonds is 7. The minimum atomic E-state index is 0.206. The van der Waals surface area contributed by atoms with Crippen molar-refractivity contribution in [1.82, 2.24) is 10.3 Å². The van der Waals surface area contributed by atoms with Crippen LogP contribution in [-0.2, 0) is 6.54 Å². The van der Waals surface area contributed by atoms with Crippen molar-refractivity contribution in [1.29, 1.82) is 0 Å². The lowest BCUT2D eigenvalue weighted by Crippen LogP contribution is -2.29. The summed E-state index contributed by atoms with van der Waals surface area (Å²) in [5.41, 5.74) is 2.54. The van der Waals surface area contributed by atoms with Crippen LogP contribution in [0.15, 0.2) is 24.4 Å². The van der Waals surface area contributed by atoms with Crippen LogP contribution in [0.25, 0.3) is 10.9 Å². The van der Waals surface area contributed by atoms with Gasteiger partial charge >= 0.3 is 0 Å². The minimum absolute atomic E-state index is 0.206. The average Bonchev–Trinajstić information content (AvgIpc) is 2.79. The normalized spacial score (nSPS) is 12.2. The van der Waals surface area contributed by atoms with Crippen LogP contribution >= 0.6 is 11.6 Å². The maximum absolute atomic E-state index is 8.91. The molecule has 0 spiro atoms. The predicted octanol–water partition coefficient (Wildman–Crippen LogP) is 3.71. The highest BCUT2D eigenvalue weighted by Gasteiger charge is 2.16. The zero-order valence-corrected chi connectivity index (χ0v) is 12.9. The zero-order chi connectivity index (χ0) is 14.6. The molecule has 0 saturated heterocycles. The van der Waals surface area contributed by atoms with E-state index in [0.717, 1.165) is 36.5 Å². The number of aliphatic hydroxyl groups excluding tert-OH is 1. The Morgan fingerprint density at radius 3 is 2.90 bits per heavy atom. The van der Waals surface area contributed by atoms with Crippen molar-refractivity contribution in [3.63, 3.8) is 0 Å². The Bertz CT molecular complexity index is 563. The van der Waals surface area contributed by atoms with Gasteiger partial charge in [0.05, 0.1) is 0 Å². The molecule has 0 radical (unpaired) electrons. The fraction of sp³-hybridized carbons (Fsp3) is 0.500. The molecular formula is C16H23ClN2O. The molecule has 0 atom stereocenters. The number of nitrogens with one attached hydrogen (secondary N) is 2. The minimum Gasteiger partial charge on any atom is -0.396 e. The summed E-state index contributed by atoms with van der Waals surface area (Å²) >= 11 is 5.98. The summed E-state index contributed by atoms with van der Waals surface area (Å²) < 4.78 is 0. The molecule has 0 unspecified atom stereocenters. The molecule has 20 heavy (non-hydrogen) atoms. The number of aliphatic hydroxyl groups is 1. The van der Waals surface area contributed by atoms with E-state index in [0.29, 0.717) is 0 Å². The van der Waals surface area contributed by atoms with Crippen LogP contribution in [0, 0.1) is 5.41 Å². The van der Waals surface area contributed by atoms with Crippen LogP contribution in [0.4, 0.5) is 0 Å². The smallest absolute Gasteiger partial charge is 0.0472 e. The molecule has 0 aliphatic rings. The van der Waals surface area contributed by atoms with Crippen molar-refractivity contribution in [2.75, 3.05) is 13.2 Å². The molecule has 1 heterocycles. The van der Waals surface area contributed by atoms with Gasteiger partial charge in [-0.2, -0.15) is 0 Å². The van der Waals surface area contributed by atoms with Crippen molar-refractivity contribution in [2.24, 2.45) is 5.41 Å². The molecule has 2 rings (SSSR count). The Kier molecular flexibility index (Phi) is 5.08. The molecule has 0 fully saturated rings. The third kappa shape index (κ3) is 3.98. The van der Waals surface area contributed by atoms with E-state index >= 15 is 0 Å². The monoisotopic (exact) mass is 294 g/mol. The lowest BCUT2D eigenvalue weighted by Gasteiger charge is -2.24. The van der Waals surface area contributed by atoms with Gasteiger partial charge in [0.15, 0.2) is 0 Å². The molecule has 3 nitrogen and oxygen atoms in total. The fourth-order valence-corrected chi connectivity index (χ4v) is 2.66. The van der Waals surface area contributed by atoms with Crippen molar-refractivity contribution < 1.29 is 5.11 Å². The van der Waals surface area contributed by atoms with E-state index in [1.165, 1.54) is 10.9 Å². The van der Waals surface area contributed by atoms with Crippen LogP contribution in [0.5, 0.6) is 0 Å². The quantitative estimate of drug-likeness (QED) is 0.729. The number of fused-ring (bicyclic) bond motifs is 1. The van der Waals surface area contributed by atoms with E-state index in [4.69, 9.17) is 16.7 Å². The van der Waals surface area contributed by atoms with Crippen LogP contribution in [-0.4, -0.2) is 23.2 Å². The summed E-state index contributed by atoms with van der Waals surface area (Å²) in [6.45, 7) is 6.50. The van der Waals surface area contributed by atoms with E-state index in [-0.39, 0.29) is 12.0 Å². The molecule has 0 amide bonds. The summed E-state index contributed by atoms with van der Waals surface area (Å²) in [6.07, 6.45) is 3.93. The van der Waals surface area contributed by atoms with Gasteiger partial charge in [0.2, 0.25) is 0 Å². The second kappa shape index (κ2) is 6.61. The van der Waals surface area contributed by atoms with Crippen LogP contribution in [0.1, 0.15) is 32.3 Å². The number of hydrogen-bond donors (Lipinski definition) is 3. The van der Waals surface area contributed by atoms with Crippen molar-refractivity contribution in [2.45, 2.75) is 33.2 Å². The molecular weight excluding hydrogens is 272 g/mol. The molecule has 110 valence electrons. The third-order valence-electron chi connectivity index (χ3n) is 3.66. The van der Waals surface area contributed by atoms with Gasteiger partial charge in [0, 0.05) is 41.8 Å². The van der Waals surface area contributed by atoms with Gasteiger partial charge in [-0.05, 0) is 36.0 Å². The number of halogens is 1. The van der Waals surface area contributed by atoms with E-state index < -0.39 is 0 Å². The van der Waals surface area contributed by atoms with E-state index in [9.17, 15) is 0 Å². The van der Waals surface area contributed by atoms with Gasteiger partial charge < -0.3 is 15.4 Å². The number of benzene rings is 1. The number of aromatic nitrogens is 1. The van der Waals surface area contributed by atoms with E-state index in [1.807, 2.05) is 18.3 Å². The van der Waals surface area contributed by atoms with Crippen LogP contribution < -0.4 is 5.32 Å². The van der Waals surface area contributed by atoms with Gasteiger partial charge in [-0.3, -0.25) is 0 Å². The van der Waals surface area contributed by atoms with Gasteiger partial charge in [-0.25, -0.2) is 0 Å². The van der Waals surface area contributed by atoms with Crippen LogP contribution in [0.3, 0.4) is 0 Å². The highest BCUT2D eigenvalue weighted by atomic mass is 35.5. The standard InChI is InChI=1S/C16H23ClN2O/c1-16(2,6-3-7-20)11-18-9-12-10-19-15-8-13(17)4-5-14(12)15/h4-5,8,10,18-20H,3,6-7,9,11H2,1-2H3.